The van der Waals surface area contributed by atoms with Gasteiger partial charge in [0.2, 0.25) is 0 Å². The van der Waals surface area contributed by atoms with Gasteiger partial charge in [-0.3, -0.25) is 4.57 Å². The molecule has 0 spiro atoms. The Kier molecular flexibility index (Phi) is 2.97. The quantitative estimate of drug-likeness (QED) is 0.750. The lowest BCUT2D eigenvalue weighted by atomic mass is 10.1. The smallest absolute Gasteiger partial charge is 0.143 e. The molecule has 84 valence electrons. The first-order valence-electron chi connectivity index (χ1n) is 5.17. The van der Waals surface area contributed by atoms with Gasteiger partial charge in [-0.1, -0.05) is 0 Å². The molecule has 0 fully saturated rings. The van der Waals surface area contributed by atoms with Gasteiger partial charge in [0.05, 0.1) is 5.88 Å². The average molecular weight is 236 g/mol. The van der Waals surface area contributed by atoms with Crippen molar-refractivity contribution in [2.75, 3.05) is 0 Å². The van der Waals surface area contributed by atoms with Crippen molar-refractivity contribution in [1.29, 1.82) is 0 Å². The van der Waals surface area contributed by atoms with Crippen LogP contribution in [-0.4, -0.2) is 14.5 Å². The second-order valence-corrected chi connectivity index (χ2v) is 4.13. The molecular formula is C12H14ClN3. The minimum Gasteiger partial charge on any atom is -0.288 e. The SMILES string of the molecule is Cc1cc(C)c(CCl)c(-n2ccnc2C)n1. The highest BCUT2D eigenvalue weighted by atomic mass is 35.5. The molecule has 0 saturated carbocycles. The average Bonchev–Trinajstić information content (AvgIpc) is 2.63. The molecule has 0 aliphatic carbocycles. The fraction of sp³-hybridized carbons (Fsp3) is 0.333. The van der Waals surface area contributed by atoms with Crippen molar-refractivity contribution in [2.24, 2.45) is 0 Å². The predicted octanol–water partition coefficient (Wildman–Crippen LogP) is 2.93. The van der Waals surface area contributed by atoms with Crippen molar-refractivity contribution in [1.82, 2.24) is 14.5 Å². The van der Waals surface area contributed by atoms with E-state index in [-0.39, 0.29) is 0 Å². The summed E-state index contributed by atoms with van der Waals surface area (Å²) in [6.07, 6.45) is 3.68. The van der Waals surface area contributed by atoms with Crippen molar-refractivity contribution < 1.29 is 0 Å². The van der Waals surface area contributed by atoms with Gasteiger partial charge in [-0.15, -0.1) is 11.6 Å². The van der Waals surface area contributed by atoms with Gasteiger partial charge in [0.15, 0.2) is 0 Å². The Balaban J connectivity index is 2.68. The topological polar surface area (TPSA) is 30.7 Å². The molecule has 0 radical (unpaired) electrons. The lowest BCUT2D eigenvalue weighted by molar-refractivity contribution is 0.901. The summed E-state index contributed by atoms with van der Waals surface area (Å²) in [6.45, 7) is 6.00. The molecule has 0 aromatic carbocycles. The number of aromatic nitrogens is 3. The van der Waals surface area contributed by atoms with Crippen LogP contribution in [-0.2, 0) is 5.88 Å². The van der Waals surface area contributed by atoms with E-state index >= 15 is 0 Å². The summed E-state index contributed by atoms with van der Waals surface area (Å²) in [6, 6.07) is 2.05. The summed E-state index contributed by atoms with van der Waals surface area (Å²) in [5.74, 6) is 2.28. The van der Waals surface area contributed by atoms with Crippen LogP contribution in [0.3, 0.4) is 0 Å². The Labute approximate surface area is 100 Å². The number of rotatable bonds is 2. The molecule has 2 aromatic heterocycles. The third-order valence-electron chi connectivity index (χ3n) is 2.64. The zero-order valence-corrected chi connectivity index (χ0v) is 10.4. The second-order valence-electron chi connectivity index (χ2n) is 3.86. The number of hydrogen-bond donors (Lipinski definition) is 0. The number of hydrogen-bond acceptors (Lipinski definition) is 2. The van der Waals surface area contributed by atoms with Crippen molar-refractivity contribution in [2.45, 2.75) is 26.7 Å². The van der Waals surface area contributed by atoms with Crippen molar-refractivity contribution in [3.8, 4) is 5.82 Å². The highest BCUT2D eigenvalue weighted by molar-refractivity contribution is 6.17. The van der Waals surface area contributed by atoms with Gasteiger partial charge >= 0.3 is 0 Å². The Morgan fingerprint density at radius 3 is 2.62 bits per heavy atom. The monoisotopic (exact) mass is 235 g/mol. The van der Waals surface area contributed by atoms with Gasteiger partial charge in [0.25, 0.3) is 0 Å². The molecule has 0 atom stereocenters. The van der Waals surface area contributed by atoms with E-state index in [0.717, 1.165) is 22.9 Å². The number of halogens is 1. The predicted molar refractivity (Wildman–Crippen MR) is 65.1 cm³/mol. The Hall–Kier alpha value is -1.35. The summed E-state index contributed by atoms with van der Waals surface area (Å²) < 4.78 is 1.97. The molecule has 0 amide bonds. The maximum atomic E-state index is 5.99. The van der Waals surface area contributed by atoms with Gasteiger partial charge in [-0.25, -0.2) is 9.97 Å². The number of imidazole rings is 1. The fourth-order valence-electron chi connectivity index (χ4n) is 1.81. The summed E-state index contributed by atoms with van der Waals surface area (Å²) in [7, 11) is 0. The first kappa shape index (κ1) is 11.1. The van der Waals surface area contributed by atoms with E-state index < -0.39 is 0 Å². The van der Waals surface area contributed by atoms with Crippen LogP contribution in [0.15, 0.2) is 18.5 Å². The van der Waals surface area contributed by atoms with E-state index in [9.17, 15) is 0 Å². The third kappa shape index (κ3) is 1.83. The molecule has 0 aliphatic rings. The molecule has 0 bridgehead atoms. The molecule has 0 N–H and O–H groups in total. The van der Waals surface area contributed by atoms with E-state index in [1.807, 2.05) is 30.7 Å². The van der Waals surface area contributed by atoms with Crippen LogP contribution in [0.4, 0.5) is 0 Å². The van der Waals surface area contributed by atoms with Crippen molar-refractivity contribution >= 4 is 11.6 Å². The van der Waals surface area contributed by atoms with Crippen LogP contribution < -0.4 is 0 Å². The molecule has 0 unspecified atom stereocenters. The standard InChI is InChI=1S/C12H14ClN3/c1-8-6-9(2)15-12(11(8)7-13)16-5-4-14-10(16)3/h4-6H,7H2,1-3H3. The molecule has 4 heteroatoms. The first-order chi connectivity index (χ1) is 7.63. The summed E-state index contributed by atoms with van der Waals surface area (Å²) in [5, 5.41) is 0. The van der Waals surface area contributed by atoms with Gasteiger partial charge in [0.1, 0.15) is 11.6 Å². The van der Waals surface area contributed by atoms with E-state index in [1.165, 1.54) is 5.56 Å². The maximum Gasteiger partial charge on any atom is 0.143 e. The first-order valence-corrected chi connectivity index (χ1v) is 5.70. The molecule has 0 saturated heterocycles. The zero-order valence-electron chi connectivity index (χ0n) is 9.66. The van der Waals surface area contributed by atoms with E-state index in [4.69, 9.17) is 11.6 Å². The molecule has 0 aliphatic heterocycles. The molecule has 2 aromatic rings. The van der Waals surface area contributed by atoms with Gasteiger partial charge in [0, 0.05) is 23.7 Å². The van der Waals surface area contributed by atoms with Crippen LogP contribution in [0.2, 0.25) is 0 Å². The van der Waals surface area contributed by atoms with Crippen molar-refractivity contribution in [3.05, 3.63) is 41.1 Å². The lowest BCUT2D eigenvalue weighted by Crippen LogP contribution is -2.06. The number of nitrogens with zero attached hydrogens (tertiary/aromatic N) is 3. The largest absolute Gasteiger partial charge is 0.288 e. The zero-order chi connectivity index (χ0) is 11.7. The minimum atomic E-state index is 0.464. The highest BCUT2D eigenvalue weighted by Gasteiger charge is 2.11. The van der Waals surface area contributed by atoms with E-state index in [1.54, 1.807) is 6.20 Å². The van der Waals surface area contributed by atoms with Gasteiger partial charge in [-0.2, -0.15) is 0 Å². The van der Waals surface area contributed by atoms with Gasteiger partial charge in [-0.05, 0) is 32.4 Å². The summed E-state index contributed by atoms with van der Waals surface area (Å²) >= 11 is 5.99. The normalized spacial score (nSPS) is 10.8. The minimum absolute atomic E-state index is 0.464. The van der Waals surface area contributed by atoms with Crippen LogP contribution >= 0.6 is 11.6 Å². The van der Waals surface area contributed by atoms with Crippen LogP contribution in [0.1, 0.15) is 22.6 Å². The second kappa shape index (κ2) is 4.26. The maximum absolute atomic E-state index is 5.99. The Morgan fingerprint density at radius 1 is 1.31 bits per heavy atom. The van der Waals surface area contributed by atoms with E-state index in [2.05, 4.69) is 16.9 Å². The number of pyridine rings is 1. The summed E-state index contributed by atoms with van der Waals surface area (Å²) in [4.78, 5) is 8.75. The molecule has 16 heavy (non-hydrogen) atoms. The number of alkyl halides is 1. The number of aryl methyl sites for hydroxylation is 3. The van der Waals surface area contributed by atoms with Crippen LogP contribution in [0.25, 0.3) is 5.82 Å². The molecular weight excluding hydrogens is 222 g/mol. The fourth-order valence-corrected chi connectivity index (χ4v) is 2.14. The molecule has 2 rings (SSSR count). The molecule has 3 nitrogen and oxygen atoms in total. The van der Waals surface area contributed by atoms with E-state index in [0.29, 0.717) is 5.88 Å². The lowest BCUT2D eigenvalue weighted by Gasteiger charge is -2.12. The van der Waals surface area contributed by atoms with Crippen LogP contribution in [0.5, 0.6) is 0 Å². The van der Waals surface area contributed by atoms with Crippen molar-refractivity contribution in [3.63, 3.8) is 0 Å². The Morgan fingerprint density at radius 2 is 2.06 bits per heavy atom. The Bertz CT molecular complexity index is 517. The molecule has 2 heterocycles. The third-order valence-corrected chi connectivity index (χ3v) is 2.91. The van der Waals surface area contributed by atoms with Gasteiger partial charge < -0.3 is 0 Å². The van der Waals surface area contributed by atoms with Crippen LogP contribution in [0, 0.1) is 20.8 Å². The summed E-state index contributed by atoms with van der Waals surface area (Å²) in [5.41, 5.74) is 3.23. The highest BCUT2D eigenvalue weighted by Crippen LogP contribution is 2.20.